The lowest BCUT2D eigenvalue weighted by Crippen LogP contribution is -2.02. The molecule has 10 heteroatoms. The number of hydrogen-bond acceptors (Lipinski definition) is 8. The number of aromatic nitrogens is 1. The van der Waals surface area contributed by atoms with Crippen LogP contribution < -0.4 is 19.8 Å². The summed E-state index contributed by atoms with van der Waals surface area (Å²) in [6.45, 7) is 0. The first kappa shape index (κ1) is 23.8. The van der Waals surface area contributed by atoms with Crippen LogP contribution in [-0.2, 0) is 0 Å². The molecule has 0 atom stereocenters. The van der Waals surface area contributed by atoms with Gasteiger partial charge in [0, 0.05) is 44.0 Å². The molecule has 3 aromatic carbocycles. The van der Waals surface area contributed by atoms with E-state index in [2.05, 4.69) is 15.9 Å². The number of pyridine rings is 1. The third kappa shape index (κ3) is 3.26. The molecule has 0 saturated carbocycles. The van der Waals surface area contributed by atoms with Crippen molar-refractivity contribution in [3.63, 3.8) is 0 Å². The van der Waals surface area contributed by atoms with Gasteiger partial charge in [-0.15, -0.1) is 0 Å². The summed E-state index contributed by atoms with van der Waals surface area (Å²) in [6.07, 6.45) is 1.72. The molecule has 0 radical (unpaired) electrons. The zero-order valence-corrected chi connectivity index (χ0v) is 21.9. The van der Waals surface area contributed by atoms with Crippen LogP contribution in [0.5, 0.6) is 34.5 Å². The molecule has 3 aromatic heterocycles. The summed E-state index contributed by atoms with van der Waals surface area (Å²) in [7, 11) is 4.34. The summed E-state index contributed by atoms with van der Waals surface area (Å²) in [5, 5.41) is 33.9. The Hall–Kier alpha value is -4.57. The lowest BCUT2D eigenvalue weighted by atomic mass is 9.98. The molecule has 0 saturated heterocycles. The summed E-state index contributed by atoms with van der Waals surface area (Å²) < 4.78 is 24.0. The summed E-state index contributed by atoms with van der Waals surface area (Å²) in [4.78, 5) is 13.4. The second kappa shape index (κ2) is 8.49. The number of fused-ring (bicyclic) bond motifs is 7. The van der Waals surface area contributed by atoms with Gasteiger partial charge in [-0.05, 0) is 41.8 Å². The molecular weight excluding hydrogens is 558 g/mol. The molecule has 0 spiro atoms. The largest absolute Gasteiger partial charge is 0.504 e. The average Bonchev–Trinajstić information content (AvgIpc) is 3.25. The van der Waals surface area contributed by atoms with Crippen LogP contribution >= 0.6 is 15.9 Å². The normalized spacial score (nSPS) is 11.6. The first-order valence-corrected chi connectivity index (χ1v) is 12.1. The number of rotatable bonds is 4. The predicted molar refractivity (Wildman–Crippen MR) is 146 cm³/mol. The topological polar surface area (TPSA) is 123 Å². The van der Waals surface area contributed by atoms with Crippen LogP contribution in [0.4, 0.5) is 0 Å². The fourth-order valence-corrected chi connectivity index (χ4v) is 5.53. The molecule has 0 amide bonds. The molecule has 9 nitrogen and oxygen atoms in total. The molecule has 3 N–H and O–H groups in total. The number of phenols is 3. The number of benzene rings is 3. The quantitative estimate of drug-likeness (QED) is 0.220. The molecule has 38 heavy (non-hydrogen) atoms. The first-order valence-electron chi connectivity index (χ1n) is 11.4. The standard InChI is InChI=1S/C28H20BrNO8/c1-35-21-8-13-12(6-17(21)31)4-5-30-26(13)24(14-7-18(32)23(37-3)10-16(14)29)25-15-9-22(36-2)19(33)11-20(15)38-28(34)27(25)30/h4-11,31-33H,1-3H3. The van der Waals surface area contributed by atoms with E-state index in [0.29, 0.717) is 42.7 Å². The van der Waals surface area contributed by atoms with E-state index in [0.717, 1.165) is 0 Å². The summed E-state index contributed by atoms with van der Waals surface area (Å²) in [5.74, 6) is 0.401. The number of phenolic OH excluding ortho intramolecular Hbond substituents is 3. The minimum atomic E-state index is -0.628. The first-order chi connectivity index (χ1) is 18.3. The highest BCUT2D eigenvalue weighted by Crippen LogP contribution is 2.48. The SMILES string of the molecule is COc1cc(Br)c(-c2c3c4cc(OC)c(O)cc4oc(=O)c3n3ccc4cc(O)c(OC)cc4c23)cc1O. The van der Waals surface area contributed by atoms with E-state index in [1.807, 2.05) is 0 Å². The fourth-order valence-electron chi connectivity index (χ4n) is 5.01. The Morgan fingerprint density at radius 3 is 2.08 bits per heavy atom. The van der Waals surface area contributed by atoms with Gasteiger partial charge in [0.2, 0.25) is 0 Å². The predicted octanol–water partition coefficient (Wildman–Crippen LogP) is 5.92. The van der Waals surface area contributed by atoms with Crippen molar-refractivity contribution in [2.24, 2.45) is 0 Å². The van der Waals surface area contributed by atoms with E-state index >= 15 is 0 Å². The van der Waals surface area contributed by atoms with Crippen molar-refractivity contribution >= 4 is 54.1 Å². The van der Waals surface area contributed by atoms with Crippen LogP contribution in [0.15, 0.2) is 62.3 Å². The average molecular weight is 578 g/mol. The van der Waals surface area contributed by atoms with Crippen molar-refractivity contribution in [1.82, 2.24) is 4.40 Å². The number of hydrogen-bond donors (Lipinski definition) is 3. The Kier molecular flexibility index (Phi) is 5.32. The van der Waals surface area contributed by atoms with Crippen molar-refractivity contribution in [2.75, 3.05) is 21.3 Å². The Morgan fingerprint density at radius 2 is 1.39 bits per heavy atom. The Labute approximate surface area is 222 Å². The molecule has 0 aliphatic heterocycles. The van der Waals surface area contributed by atoms with Crippen LogP contribution in [-0.4, -0.2) is 41.0 Å². The van der Waals surface area contributed by atoms with Crippen molar-refractivity contribution < 1.29 is 33.9 Å². The van der Waals surface area contributed by atoms with E-state index in [4.69, 9.17) is 18.6 Å². The van der Waals surface area contributed by atoms with Gasteiger partial charge < -0.3 is 38.3 Å². The van der Waals surface area contributed by atoms with Crippen molar-refractivity contribution in [3.05, 3.63) is 63.6 Å². The van der Waals surface area contributed by atoms with Crippen molar-refractivity contribution in [2.45, 2.75) is 0 Å². The van der Waals surface area contributed by atoms with Gasteiger partial charge in [0.15, 0.2) is 34.5 Å². The van der Waals surface area contributed by atoms with E-state index in [1.54, 1.807) is 47.0 Å². The van der Waals surface area contributed by atoms with Crippen LogP contribution in [0.3, 0.4) is 0 Å². The lowest BCUT2D eigenvalue weighted by molar-refractivity contribution is 0.373. The van der Waals surface area contributed by atoms with Gasteiger partial charge in [-0.25, -0.2) is 4.79 Å². The van der Waals surface area contributed by atoms with Crippen LogP contribution in [0, 0.1) is 0 Å². The molecule has 0 bridgehead atoms. The van der Waals surface area contributed by atoms with Crippen LogP contribution in [0.25, 0.3) is 49.3 Å². The second-order valence-electron chi connectivity index (χ2n) is 8.66. The molecule has 6 rings (SSSR count). The molecule has 3 heterocycles. The van der Waals surface area contributed by atoms with Gasteiger partial charge in [-0.1, -0.05) is 15.9 Å². The summed E-state index contributed by atoms with van der Waals surface area (Å²) in [5.41, 5.74) is 1.53. The smallest absolute Gasteiger partial charge is 0.361 e. The number of halogens is 1. The minimum absolute atomic E-state index is 0.0320. The fraction of sp³-hybridized carbons (Fsp3) is 0.107. The summed E-state index contributed by atoms with van der Waals surface area (Å²) in [6, 6.07) is 11.2. The van der Waals surface area contributed by atoms with Gasteiger partial charge in [0.05, 0.1) is 26.8 Å². The molecule has 0 fully saturated rings. The number of aromatic hydroxyl groups is 3. The van der Waals surface area contributed by atoms with Gasteiger partial charge in [-0.3, -0.25) is 0 Å². The van der Waals surface area contributed by atoms with Crippen LogP contribution in [0.1, 0.15) is 0 Å². The second-order valence-corrected chi connectivity index (χ2v) is 9.51. The van der Waals surface area contributed by atoms with Gasteiger partial charge in [0.25, 0.3) is 0 Å². The van der Waals surface area contributed by atoms with Gasteiger partial charge >= 0.3 is 5.63 Å². The van der Waals surface area contributed by atoms with Gasteiger partial charge in [0.1, 0.15) is 11.1 Å². The zero-order valence-electron chi connectivity index (χ0n) is 20.3. The van der Waals surface area contributed by atoms with Crippen LogP contribution in [0.2, 0.25) is 0 Å². The highest BCUT2D eigenvalue weighted by Gasteiger charge is 2.26. The minimum Gasteiger partial charge on any atom is -0.504 e. The van der Waals surface area contributed by atoms with Gasteiger partial charge in [-0.2, -0.15) is 0 Å². The molecule has 0 aliphatic carbocycles. The molecule has 6 aromatic rings. The Bertz CT molecular complexity index is 2010. The number of methoxy groups -OCH3 is 3. The third-order valence-corrected chi connectivity index (χ3v) is 7.36. The van der Waals surface area contributed by atoms with E-state index < -0.39 is 5.63 Å². The van der Waals surface area contributed by atoms with Crippen molar-refractivity contribution in [3.8, 4) is 45.6 Å². The Balaban J connectivity index is 1.95. The molecule has 0 aliphatic rings. The molecule has 192 valence electrons. The highest BCUT2D eigenvalue weighted by atomic mass is 79.9. The maximum atomic E-state index is 13.4. The number of nitrogens with zero attached hydrogens (tertiary/aromatic N) is 1. The Morgan fingerprint density at radius 1 is 0.789 bits per heavy atom. The maximum absolute atomic E-state index is 13.4. The van der Waals surface area contributed by atoms with E-state index in [9.17, 15) is 20.1 Å². The lowest BCUT2D eigenvalue weighted by Gasteiger charge is -2.12. The maximum Gasteiger partial charge on any atom is 0.361 e. The van der Waals surface area contributed by atoms with Crippen molar-refractivity contribution in [1.29, 1.82) is 0 Å². The third-order valence-electron chi connectivity index (χ3n) is 6.70. The number of ether oxygens (including phenoxy) is 3. The van der Waals surface area contributed by atoms with E-state index in [-0.39, 0.29) is 45.6 Å². The monoisotopic (exact) mass is 577 g/mol. The summed E-state index contributed by atoms with van der Waals surface area (Å²) >= 11 is 3.61. The highest BCUT2D eigenvalue weighted by molar-refractivity contribution is 9.10. The van der Waals surface area contributed by atoms with E-state index in [1.165, 1.54) is 27.4 Å². The zero-order chi connectivity index (χ0) is 26.9. The molecule has 0 unspecified atom stereocenters. The molecular formula is C28H20BrNO8.